The third-order valence-electron chi connectivity index (χ3n) is 4.16. The predicted octanol–water partition coefficient (Wildman–Crippen LogP) is 1.28. The molecule has 2 saturated heterocycles. The zero-order valence-corrected chi connectivity index (χ0v) is 10.5. The van der Waals surface area contributed by atoms with Crippen molar-refractivity contribution in [3.8, 4) is 0 Å². The minimum absolute atomic E-state index is 0.355. The van der Waals surface area contributed by atoms with E-state index in [2.05, 4.69) is 9.88 Å². The van der Waals surface area contributed by atoms with E-state index in [0.29, 0.717) is 24.5 Å². The lowest BCUT2D eigenvalue weighted by molar-refractivity contribution is -0.107. The molecule has 1 aromatic rings. The van der Waals surface area contributed by atoms with Crippen LogP contribution in [0.5, 0.6) is 0 Å². The van der Waals surface area contributed by atoms with Gasteiger partial charge in [0.15, 0.2) is 0 Å². The first-order valence-electron chi connectivity index (χ1n) is 6.70. The molecule has 0 amide bonds. The molecule has 1 aromatic heterocycles. The second-order valence-electron chi connectivity index (χ2n) is 5.42. The summed E-state index contributed by atoms with van der Waals surface area (Å²) in [5, 5.41) is 0. The van der Waals surface area contributed by atoms with Crippen molar-refractivity contribution in [1.82, 2.24) is 4.98 Å². The number of piperidine rings is 1. The first kappa shape index (κ1) is 11.7. The number of aromatic nitrogens is 1. The highest BCUT2D eigenvalue weighted by atomic mass is 16.1. The van der Waals surface area contributed by atoms with Gasteiger partial charge in [0.05, 0.1) is 0 Å². The topological polar surface area (TPSA) is 59.2 Å². The van der Waals surface area contributed by atoms with Gasteiger partial charge in [0.2, 0.25) is 0 Å². The standard InChI is InChI=1S/C14H19N3O/c15-11-7-12-2-3-13(8-11)17(12)14-4-1-10(5-6-18)9-16-14/h1,4,6,9,11-13H,2-3,5,7-8,15H2. The van der Waals surface area contributed by atoms with E-state index in [1.807, 2.05) is 18.3 Å². The minimum atomic E-state index is 0.355. The van der Waals surface area contributed by atoms with Gasteiger partial charge in [0.1, 0.15) is 12.1 Å². The summed E-state index contributed by atoms with van der Waals surface area (Å²) in [5.74, 6) is 1.05. The van der Waals surface area contributed by atoms with E-state index in [4.69, 9.17) is 5.73 Å². The summed E-state index contributed by atoms with van der Waals surface area (Å²) >= 11 is 0. The summed E-state index contributed by atoms with van der Waals surface area (Å²) in [6.45, 7) is 0. The number of aldehydes is 1. The molecule has 2 aliphatic rings. The van der Waals surface area contributed by atoms with Crippen molar-refractivity contribution in [3.05, 3.63) is 23.9 Å². The Balaban J connectivity index is 1.80. The minimum Gasteiger partial charge on any atom is -0.351 e. The van der Waals surface area contributed by atoms with Crippen LogP contribution in [-0.4, -0.2) is 29.4 Å². The maximum Gasteiger partial charge on any atom is 0.128 e. The monoisotopic (exact) mass is 245 g/mol. The molecule has 0 saturated carbocycles. The first-order chi connectivity index (χ1) is 8.78. The van der Waals surface area contributed by atoms with E-state index in [-0.39, 0.29) is 0 Å². The second kappa shape index (κ2) is 4.69. The van der Waals surface area contributed by atoms with Crippen LogP contribution >= 0.6 is 0 Å². The Labute approximate surface area is 107 Å². The van der Waals surface area contributed by atoms with Gasteiger partial charge >= 0.3 is 0 Å². The SMILES string of the molecule is NC1CC2CCC(C1)N2c1ccc(CC=O)cn1. The largest absolute Gasteiger partial charge is 0.351 e. The highest BCUT2D eigenvalue weighted by Gasteiger charge is 2.40. The molecule has 0 radical (unpaired) electrons. The van der Waals surface area contributed by atoms with Crippen LogP contribution in [0.25, 0.3) is 0 Å². The number of hydrogen-bond acceptors (Lipinski definition) is 4. The van der Waals surface area contributed by atoms with Gasteiger partial charge in [0.25, 0.3) is 0 Å². The lowest BCUT2D eigenvalue weighted by Crippen LogP contribution is -2.47. The fraction of sp³-hybridized carbons (Fsp3) is 0.571. The Morgan fingerprint density at radius 1 is 1.33 bits per heavy atom. The van der Waals surface area contributed by atoms with Crippen molar-refractivity contribution in [2.24, 2.45) is 5.73 Å². The van der Waals surface area contributed by atoms with Crippen molar-refractivity contribution in [3.63, 3.8) is 0 Å². The molecule has 2 unspecified atom stereocenters. The fourth-order valence-corrected chi connectivity index (χ4v) is 3.38. The van der Waals surface area contributed by atoms with Crippen molar-refractivity contribution in [2.75, 3.05) is 4.90 Å². The van der Waals surface area contributed by atoms with Crippen LogP contribution in [0.4, 0.5) is 5.82 Å². The van der Waals surface area contributed by atoms with Crippen molar-refractivity contribution in [2.45, 2.75) is 50.2 Å². The Morgan fingerprint density at radius 3 is 2.61 bits per heavy atom. The number of rotatable bonds is 3. The summed E-state index contributed by atoms with van der Waals surface area (Å²) in [6.07, 6.45) is 7.80. The number of carbonyl (C=O) groups is 1. The molecule has 0 aromatic carbocycles. The van der Waals surface area contributed by atoms with Crippen LogP contribution < -0.4 is 10.6 Å². The number of nitrogens with two attached hydrogens (primary N) is 1. The molecule has 96 valence electrons. The molecule has 4 nitrogen and oxygen atoms in total. The summed E-state index contributed by atoms with van der Waals surface area (Å²) in [6, 6.07) is 5.52. The van der Waals surface area contributed by atoms with E-state index >= 15 is 0 Å². The predicted molar refractivity (Wildman–Crippen MR) is 70.5 cm³/mol. The highest BCUT2D eigenvalue weighted by Crippen LogP contribution is 2.37. The van der Waals surface area contributed by atoms with Crippen LogP contribution in [0, 0.1) is 0 Å². The summed E-state index contributed by atoms with van der Waals surface area (Å²) in [4.78, 5) is 17.4. The number of anilines is 1. The van der Waals surface area contributed by atoms with Gasteiger partial charge in [-0.15, -0.1) is 0 Å². The number of hydrogen-bond donors (Lipinski definition) is 1. The molecule has 18 heavy (non-hydrogen) atoms. The van der Waals surface area contributed by atoms with E-state index in [1.165, 1.54) is 12.8 Å². The molecule has 3 rings (SSSR count). The van der Waals surface area contributed by atoms with E-state index in [1.54, 1.807) is 0 Å². The number of fused-ring (bicyclic) bond motifs is 2. The lowest BCUT2D eigenvalue weighted by Gasteiger charge is -2.38. The number of nitrogens with zero attached hydrogens (tertiary/aromatic N) is 2. The quantitative estimate of drug-likeness (QED) is 0.815. The Bertz CT molecular complexity index is 417. The van der Waals surface area contributed by atoms with Gasteiger partial charge in [-0.3, -0.25) is 0 Å². The summed E-state index contributed by atoms with van der Waals surface area (Å²) < 4.78 is 0. The van der Waals surface area contributed by atoms with Gasteiger partial charge < -0.3 is 15.4 Å². The zero-order valence-electron chi connectivity index (χ0n) is 10.5. The van der Waals surface area contributed by atoms with Crippen LogP contribution in [0.3, 0.4) is 0 Å². The average molecular weight is 245 g/mol. The van der Waals surface area contributed by atoms with Gasteiger partial charge in [-0.05, 0) is 37.3 Å². The van der Waals surface area contributed by atoms with Gasteiger partial charge in [-0.2, -0.15) is 0 Å². The first-order valence-corrected chi connectivity index (χ1v) is 6.70. The average Bonchev–Trinajstić information content (AvgIpc) is 2.64. The molecule has 2 N–H and O–H groups in total. The lowest BCUT2D eigenvalue weighted by atomic mass is 9.98. The Hall–Kier alpha value is -1.42. The Morgan fingerprint density at radius 2 is 2.06 bits per heavy atom. The third kappa shape index (κ3) is 2.01. The number of pyridine rings is 1. The van der Waals surface area contributed by atoms with E-state index < -0.39 is 0 Å². The molecule has 4 heteroatoms. The van der Waals surface area contributed by atoms with Crippen molar-refractivity contribution < 1.29 is 4.79 Å². The number of carbonyl (C=O) groups excluding carboxylic acids is 1. The normalized spacial score (nSPS) is 30.5. The molecule has 2 fully saturated rings. The van der Waals surface area contributed by atoms with Gasteiger partial charge in [-0.25, -0.2) is 4.98 Å². The van der Waals surface area contributed by atoms with Crippen molar-refractivity contribution in [1.29, 1.82) is 0 Å². The third-order valence-corrected chi connectivity index (χ3v) is 4.16. The van der Waals surface area contributed by atoms with Crippen LogP contribution in [0.1, 0.15) is 31.2 Å². The smallest absolute Gasteiger partial charge is 0.128 e. The van der Waals surface area contributed by atoms with Gasteiger partial charge in [0, 0.05) is 30.7 Å². The Kier molecular flexibility index (Phi) is 3.04. The summed E-state index contributed by atoms with van der Waals surface area (Å²) in [7, 11) is 0. The molecule has 2 atom stereocenters. The van der Waals surface area contributed by atoms with Crippen LogP contribution in [0.15, 0.2) is 18.3 Å². The maximum atomic E-state index is 10.5. The van der Waals surface area contributed by atoms with Crippen molar-refractivity contribution >= 4 is 12.1 Å². The molecule has 3 heterocycles. The molecular weight excluding hydrogens is 226 g/mol. The van der Waals surface area contributed by atoms with Crippen LogP contribution in [0.2, 0.25) is 0 Å². The fourth-order valence-electron chi connectivity index (χ4n) is 3.38. The van der Waals surface area contributed by atoms with Crippen LogP contribution in [-0.2, 0) is 11.2 Å². The molecule has 2 aliphatic heterocycles. The van der Waals surface area contributed by atoms with E-state index in [0.717, 1.165) is 30.5 Å². The molecule has 0 aliphatic carbocycles. The molecular formula is C14H19N3O. The molecule has 2 bridgehead atoms. The molecule has 0 spiro atoms. The second-order valence-corrected chi connectivity index (χ2v) is 5.42. The summed E-state index contributed by atoms with van der Waals surface area (Å²) in [5.41, 5.74) is 7.05. The van der Waals surface area contributed by atoms with E-state index in [9.17, 15) is 4.79 Å². The van der Waals surface area contributed by atoms with Gasteiger partial charge in [-0.1, -0.05) is 6.07 Å². The highest BCUT2D eigenvalue weighted by molar-refractivity contribution is 5.55. The zero-order chi connectivity index (χ0) is 12.5. The maximum absolute atomic E-state index is 10.5.